The van der Waals surface area contributed by atoms with Gasteiger partial charge in [0, 0.05) is 42.6 Å². The second-order valence-electron chi connectivity index (χ2n) is 8.19. The van der Waals surface area contributed by atoms with Gasteiger partial charge in [0.05, 0.1) is 6.54 Å². The Bertz CT molecular complexity index is 1170. The number of halogens is 1. The lowest BCUT2D eigenvalue weighted by atomic mass is 10.2. The number of likely N-dealkylation sites (N-methyl/N-ethyl adjacent to an activating group) is 2. The molecule has 2 amide bonds. The van der Waals surface area contributed by atoms with Crippen molar-refractivity contribution in [1.29, 1.82) is 0 Å². The minimum Gasteiger partial charge on any atom is -0.465 e. The van der Waals surface area contributed by atoms with Crippen LogP contribution in [0.4, 0.5) is 22.2 Å². The molecule has 0 aliphatic heterocycles. The van der Waals surface area contributed by atoms with Crippen LogP contribution < -0.4 is 10.2 Å². The minimum absolute atomic E-state index is 0.0509. The van der Waals surface area contributed by atoms with E-state index in [1.165, 1.54) is 12.3 Å². The highest BCUT2D eigenvalue weighted by Gasteiger charge is 2.18. The van der Waals surface area contributed by atoms with Gasteiger partial charge in [-0.1, -0.05) is 37.6 Å². The van der Waals surface area contributed by atoms with Gasteiger partial charge in [-0.05, 0) is 61.1 Å². The number of hydrogen-bond donors (Lipinski definition) is 2. The molecule has 0 saturated heterocycles. The number of nitrogens with one attached hydrogen (secondary N) is 1. The van der Waals surface area contributed by atoms with Crippen LogP contribution in [-0.2, 0) is 6.54 Å². The van der Waals surface area contributed by atoms with E-state index in [0.29, 0.717) is 22.8 Å². The van der Waals surface area contributed by atoms with Crippen LogP contribution in [-0.4, -0.2) is 70.1 Å². The number of amides is 2. The molecule has 0 aliphatic rings. The van der Waals surface area contributed by atoms with Gasteiger partial charge in [-0.15, -0.1) is 0 Å². The predicted octanol–water partition coefficient (Wildman–Crippen LogP) is 4.97. The highest BCUT2D eigenvalue weighted by Crippen LogP contribution is 2.20. The van der Waals surface area contributed by atoms with Gasteiger partial charge >= 0.3 is 6.09 Å². The van der Waals surface area contributed by atoms with Crippen molar-refractivity contribution in [2.75, 3.05) is 43.4 Å². The monoisotopic (exact) mass is 510 g/mol. The Balaban J connectivity index is 1.67. The summed E-state index contributed by atoms with van der Waals surface area (Å²) in [6.07, 6.45) is 0.342. The number of carbonyl (C=O) groups is 2. The molecule has 0 atom stereocenters. The van der Waals surface area contributed by atoms with Gasteiger partial charge in [0.15, 0.2) is 0 Å². The van der Waals surface area contributed by atoms with Crippen LogP contribution in [0.25, 0.3) is 0 Å². The van der Waals surface area contributed by atoms with Gasteiger partial charge in [0.2, 0.25) is 5.95 Å². The van der Waals surface area contributed by atoms with Crippen LogP contribution in [0.3, 0.4) is 0 Å². The fraction of sp³-hybridized carbons (Fsp3) is 0.308. The van der Waals surface area contributed by atoms with E-state index in [1.807, 2.05) is 0 Å². The Kier molecular flexibility index (Phi) is 9.61. The Morgan fingerprint density at radius 3 is 2.39 bits per heavy atom. The molecular weight excluding hydrogens is 480 g/mol. The van der Waals surface area contributed by atoms with Crippen molar-refractivity contribution in [3.05, 3.63) is 76.9 Å². The van der Waals surface area contributed by atoms with E-state index in [0.717, 1.165) is 30.1 Å². The molecule has 3 rings (SSSR count). The summed E-state index contributed by atoms with van der Waals surface area (Å²) in [4.78, 5) is 38.3. The average molecular weight is 511 g/mol. The second-order valence-corrected chi connectivity index (χ2v) is 8.63. The van der Waals surface area contributed by atoms with E-state index < -0.39 is 6.09 Å². The summed E-state index contributed by atoms with van der Waals surface area (Å²) in [5.74, 6) is 0.409. The highest BCUT2D eigenvalue weighted by atomic mass is 35.5. The van der Waals surface area contributed by atoms with Crippen molar-refractivity contribution in [3.63, 3.8) is 0 Å². The summed E-state index contributed by atoms with van der Waals surface area (Å²) in [5.41, 5.74) is 1.99. The summed E-state index contributed by atoms with van der Waals surface area (Å²) in [7, 11) is 1.80. The minimum atomic E-state index is -1.15. The number of aromatic nitrogens is 2. The molecule has 0 spiro atoms. The van der Waals surface area contributed by atoms with E-state index in [2.05, 4.69) is 34.0 Å². The van der Waals surface area contributed by atoms with Crippen molar-refractivity contribution >= 4 is 41.1 Å². The van der Waals surface area contributed by atoms with Crippen LogP contribution in [0.1, 0.15) is 29.8 Å². The molecule has 190 valence electrons. The first kappa shape index (κ1) is 26.9. The molecule has 0 bridgehead atoms. The van der Waals surface area contributed by atoms with Gasteiger partial charge < -0.3 is 20.2 Å². The van der Waals surface area contributed by atoms with Crippen LogP contribution in [0, 0.1) is 0 Å². The van der Waals surface area contributed by atoms with Crippen molar-refractivity contribution < 1.29 is 14.7 Å². The first-order chi connectivity index (χ1) is 17.3. The lowest BCUT2D eigenvalue weighted by Crippen LogP contribution is -2.36. The van der Waals surface area contributed by atoms with Crippen molar-refractivity contribution in [3.8, 4) is 0 Å². The average Bonchev–Trinajstić information content (AvgIpc) is 2.88. The molecule has 9 nitrogen and oxygen atoms in total. The number of nitrogens with zero attached hydrogens (tertiary/aromatic N) is 5. The Hall–Kier alpha value is -3.69. The third-order valence-corrected chi connectivity index (χ3v) is 5.99. The largest absolute Gasteiger partial charge is 0.465 e. The standard InChI is InChI=1S/C26H31ClN6O3/c1-4-32(5-2)16-15-31(3)24(34)20-9-11-22(12-10-20)29-25-28-14-13-23(30-25)33(26(35)36)18-19-7-6-8-21(27)17-19/h6-14,17H,4-5,15-16,18H2,1-3H3,(H,35,36)(H,28,29,30). The first-order valence-electron chi connectivity index (χ1n) is 11.7. The van der Waals surface area contributed by atoms with Crippen LogP contribution >= 0.6 is 11.6 Å². The molecule has 10 heteroatoms. The maximum atomic E-state index is 12.8. The number of anilines is 3. The molecule has 1 heterocycles. The van der Waals surface area contributed by atoms with Crippen LogP contribution in [0.5, 0.6) is 0 Å². The van der Waals surface area contributed by atoms with Crippen molar-refractivity contribution in [1.82, 2.24) is 19.8 Å². The fourth-order valence-corrected chi connectivity index (χ4v) is 3.82. The third-order valence-electron chi connectivity index (χ3n) is 5.76. The Morgan fingerprint density at radius 2 is 1.75 bits per heavy atom. The van der Waals surface area contributed by atoms with Gasteiger partial charge in [0.25, 0.3) is 5.91 Å². The smallest absolute Gasteiger partial charge is 0.413 e. The normalized spacial score (nSPS) is 10.8. The van der Waals surface area contributed by atoms with E-state index in [9.17, 15) is 14.7 Å². The zero-order chi connectivity index (χ0) is 26.1. The zero-order valence-electron chi connectivity index (χ0n) is 20.7. The fourth-order valence-electron chi connectivity index (χ4n) is 3.60. The molecule has 0 fully saturated rings. The molecule has 0 unspecified atom stereocenters. The van der Waals surface area contributed by atoms with Crippen molar-refractivity contribution in [2.45, 2.75) is 20.4 Å². The highest BCUT2D eigenvalue weighted by molar-refractivity contribution is 6.30. The summed E-state index contributed by atoms with van der Waals surface area (Å²) >= 11 is 6.03. The third kappa shape index (κ3) is 7.40. The number of benzene rings is 2. The molecule has 0 radical (unpaired) electrons. The van der Waals surface area contributed by atoms with Crippen molar-refractivity contribution in [2.24, 2.45) is 0 Å². The number of hydrogen-bond acceptors (Lipinski definition) is 6. The maximum Gasteiger partial charge on any atom is 0.413 e. The molecule has 1 aromatic heterocycles. The van der Waals surface area contributed by atoms with E-state index >= 15 is 0 Å². The van der Waals surface area contributed by atoms with E-state index in [-0.39, 0.29) is 24.2 Å². The number of carbonyl (C=O) groups excluding carboxylic acids is 1. The molecular formula is C26H31ClN6O3. The second kappa shape index (κ2) is 12.9. The van der Waals surface area contributed by atoms with Gasteiger partial charge in [0.1, 0.15) is 5.82 Å². The Morgan fingerprint density at radius 1 is 1.03 bits per heavy atom. The molecule has 0 aliphatic carbocycles. The molecule has 2 aromatic carbocycles. The molecule has 3 aromatic rings. The van der Waals surface area contributed by atoms with Gasteiger partial charge in [-0.3, -0.25) is 9.69 Å². The SMILES string of the molecule is CCN(CC)CCN(C)C(=O)c1ccc(Nc2nccc(N(Cc3cccc(Cl)c3)C(=O)O)n2)cc1. The summed E-state index contributed by atoms with van der Waals surface area (Å²) in [6, 6.07) is 15.5. The summed E-state index contributed by atoms with van der Waals surface area (Å²) in [6.45, 7) is 7.68. The first-order valence-corrected chi connectivity index (χ1v) is 12.1. The van der Waals surface area contributed by atoms with E-state index in [1.54, 1.807) is 60.5 Å². The lowest BCUT2D eigenvalue weighted by molar-refractivity contribution is 0.0779. The van der Waals surface area contributed by atoms with Crippen LogP contribution in [0.15, 0.2) is 60.8 Å². The maximum absolute atomic E-state index is 12.8. The quantitative estimate of drug-likeness (QED) is 0.375. The van der Waals surface area contributed by atoms with Crippen LogP contribution in [0.2, 0.25) is 5.02 Å². The number of rotatable bonds is 11. The predicted molar refractivity (Wildman–Crippen MR) is 142 cm³/mol. The van der Waals surface area contributed by atoms with Gasteiger partial charge in [-0.25, -0.2) is 9.78 Å². The molecule has 2 N–H and O–H groups in total. The van der Waals surface area contributed by atoms with Gasteiger partial charge in [-0.2, -0.15) is 4.98 Å². The topological polar surface area (TPSA) is 102 Å². The lowest BCUT2D eigenvalue weighted by Gasteiger charge is -2.23. The summed E-state index contributed by atoms with van der Waals surface area (Å²) in [5, 5.41) is 13.3. The Labute approximate surface area is 216 Å². The zero-order valence-corrected chi connectivity index (χ0v) is 21.4. The molecule has 0 saturated carbocycles. The number of carboxylic acid groups (broad SMARTS) is 1. The van der Waals surface area contributed by atoms with E-state index in [4.69, 9.17) is 11.6 Å². The molecule has 36 heavy (non-hydrogen) atoms. The summed E-state index contributed by atoms with van der Waals surface area (Å²) < 4.78 is 0.